The lowest BCUT2D eigenvalue weighted by Crippen LogP contribution is -2.00. The molecule has 0 saturated carbocycles. The molecule has 0 bridgehead atoms. The van der Waals surface area contributed by atoms with Gasteiger partial charge in [-0.05, 0) is 41.5 Å². The fourth-order valence-corrected chi connectivity index (χ4v) is 3.31. The van der Waals surface area contributed by atoms with Crippen molar-refractivity contribution in [2.75, 3.05) is 5.32 Å². The van der Waals surface area contributed by atoms with Crippen LogP contribution in [-0.4, -0.2) is 15.6 Å². The number of anilines is 1. The van der Waals surface area contributed by atoms with Crippen molar-refractivity contribution in [2.24, 2.45) is 0 Å². The van der Waals surface area contributed by atoms with E-state index < -0.39 is 5.97 Å². The average Bonchev–Trinajstić information content (AvgIpc) is 3.06. The van der Waals surface area contributed by atoms with Crippen LogP contribution in [0.2, 0.25) is 0 Å². The summed E-state index contributed by atoms with van der Waals surface area (Å²) in [6, 6.07) is 26.4. The number of benzene rings is 3. The van der Waals surface area contributed by atoms with Crippen molar-refractivity contribution in [1.29, 1.82) is 0 Å². The van der Waals surface area contributed by atoms with E-state index in [1.807, 2.05) is 72.9 Å². The molecule has 0 saturated heterocycles. The Morgan fingerprint density at radius 2 is 1.59 bits per heavy atom. The minimum Gasteiger partial charge on any atom is -0.481 e. The highest BCUT2D eigenvalue weighted by molar-refractivity contribution is 5.88. The molecular formula is C23H20N2O2. The van der Waals surface area contributed by atoms with Gasteiger partial charge in [-0.15, -0.1) is 0 Å². The molecule has 0 radical (unpaired) electrons. The molecule has 0 amide bonds. The maximum atomic E-state index is 11.2. The van der Waals surface area contributed by atoms with Gasteiger partial charge in [0.25, 0.3) is 0 Å². The van der Waals surface area contributed by atoms with Gasteiger partial charge in [-0.1, -0.05) is 48.5 Å². The van der Waals surface area contributed by atoms with Gasteiger partial charge in [0.15, 0.2) is 0 Å². The fraction of sp³-hybridized carbons (Fsp3) is 0.0870. The molecule has 0 aliphatic carbocycles. The van der Waals surface area contributed by atoms with Gasteiger partial charge < -0.3 is 15.0 Å². The topological polar surface area (TPSA) is 54.3 Å². The lowest BCUT2D eigenvalue weighted by atomic mass is 10.1. The summed E-state index contributed by atoms with van der Waals surface area (Å²) < 4.78 is 2.05. The Balaban J connectivity index is 1.59. The van der Waals surface area contributed by atoms with Crippen LogP contribution >= 0.6 is 0 Å². The number of fused-ring (bicyclic) bond motifs is 1. The molecule has 4 nitrogen and oxygen atoms in total. The van der Waals surface area contributed by atoms with E-state index in [9.17, 15) is 9.90 Å². The number of aliphatic carboxylic acids is 1. The van der Waals surface area contributed by atoms with E-state index in [1.165, 1.54) is 5.56 Å². The van der Waals surface area contributed by atoms with Crippen molar-refractivity contribution < 1.29 is 9.90 Å². The van der Waals surface area contributed by atoms with E-state index in [1.54, 1.807) is 0 Å². The van der Waals surface area contributed by atoms with Crippen LogP contribution in [0, 0.1) is 0 Å². The first-order valence-corrected chi connectivity index (χ1v) is 8.90. The molecule has 4 aromatic rings. The maximum Gasteiger partial charge on any atom is 0.307 e. The van der Waals surface area contributed by atoms with E-state index in [4.69, 9.17) is 0 Å². The molecule has 0 fully saturated rings. The normalized spacial score (nSPS) is 10.8. The summed E-state index contributed by atoms with van der Waals surface area (Å²) in [5.41, 5.74) is 5.12. The number of carbonyl (C=O) groups is 1. The Labute approximate surface area is 157 Å². The fourth-order valence-electron chi connectivity index (χ4n) is 3.31. The highest BCUT2D eigenvalue weighted by atomic mass is 16.4. The predicted molar refractivity (Wildman–Crippen MR) is 108 cm³/mol. The zero-order valence-corrected chi connectivity index (χ0v) is 14.8. The molecule has 0 atom stereocenters. The number of carboxylic acid groups (broad SMARTS) is 1. The van der Waals surface area contributed by atoms with Crippen LogP contribution in [0.4, 0.5) is 5.69 Å². The molecule has 0 aliphatic rings. The SMILES string of the molecule is O=C(O)Cc1cn(-c2ccc(NCc3ccccc3)cc2)c2ccccc12. The molecule has 4 heteroatoms. The number of nitrogens with one attached hydrogen (secondary N) is 1. The number of hydrogen-bond donors (Lipinski definition) is 2. The number of hydrogen-bond acceptors (Lipinski definition) is 2. The molecule has 1 heterocycles. The van der Waals surface area contributed by atoms with Crippen LogP contribution in [0.1, 0.15) is 11.1 Å². The van der Waals surface area contributed by atoms with E-state index in [-0.39, 0.29) is 6.42 Å². The summed E-state index contributed by atoms with van der Waals surface area (Å²) in [6.07, 6.45) is 1.94. The number of nitrogens with zero attached hydrogens (tertiary/aromatic N) is 1. The summed E-state index contributed by atoms with van der Waals surface area (Å²) in [6.45, 7) is 0.773. The summed E-state index contributed by atoms with van der Waals surface area (Å²) in [5.74, 6) is -0.821. The van der Waals surface area contributed by atoms with Crippen molar-refractivity contribution in [2.45, 2.75) is 13.0 Å². The third-order valence-corrected chi connectivity index (χ3v) is 4.62. The van der Waals surface area contributed by atoms with Crippen LogP contribution < -0.4 is 5.32 Å². The van der Waals surface area contributed by atoms with Crippen molar-refractivity contribution >= 4 is 22.6 Å². The largest absolute Gasteiger partial charge is 0.481 e. The second-order valence-electron chi connectivity index (χ2n) is 6.50. The zero-order chi connectivity index (χ0) is 18.6. The molecule has 2 N–H and O–H groups in total. The molecule has 0 unspecified atom stereocenters. The second kappa shape index (κ2) is 7.38. The Hall–Kier alpha value is -3.53. The molecule has 0 spiro atoms. The van der Waals surface area contributed by atoms with E-state index >= 15 is 0 Å². The van der Waals surface area contributed by atoms with Gasteiger partial charge in [0.1, 0.15) is 0 Å². The lowest BCUT2D eigenvalue weighted by molar-refractivity contribution is -0.136. The highest BCUT2D eigenvalue weighted by Crippen LogP contribution is 2.26. The van der Waals surface area contributed by atoms with Crippen molar-refractivity contribution in [3.63, 3.8) is 0 Å². The average molecular weight is 356 g/mol. The predicted octanol–water partition coefficient (Wildman–Crippen LogP) is 4.87. The number of aromatic nitrogens is 1. The smallest absolute Gasteiger partial charge is 0.307 e. The Bertz CT molecular complexity index is 1070. The number of rotatable bonds is 6. The van der Waals surface area contributed by atoms with Gasteiger partial charge in [0.2, 0.25) is 0 Å². The van der Waals surface area contributed by atoms with Crippen molar-refractivity contribution in [1.82, 2.24) is 4.57 Å². The van der Waals surface area contributed by atoms with Gasteiger partial charge in [0, 0.05) is 29.5 Å². The first-order chi connectivity index (χ1) is 13.2. The van der Waals surface area contributed by atoms with Crippen LogP contribution in [0.15, 0.2) is 85.1 Å². The van der Waals surface area contributed by atoms with Crippen LogP contribution in [0.5, 0.6) is 0 Å². The maximum absolute atomic E-state index is 11.2. The number of carboxylic acids is 1. The van der Waals surface area contributed by atoms with Gasteiger partial charge in [0.05, 0.1) is 11.9 Å². The Kier molecular flexibility index (Phi) is 4.62. The molecular weight excluding hydrogens is 336 g/mol. The third kappa shape index (κ3) is 3.70. The summed E-state index contributed by atoms with van der Waals surface area (Å²) in [7, 11) is 0. The van der Waals surface area contributed by atoms with E-state index in [0.29, 0.717) is 0 Å². The standard InChI is InChI=1S/C23H20N2O2/c26-23(27)14-18-16-25(22-9-5-4-8-21(18)22)20-12-10-19(11-13-20)24-15-17-6-2-1-3-7-17/h1-13,16,24H,14-15H2,(H,26,27). The van der Waals surface area contributed by atoms with E-state index in [0.717, 1.165) is 34.4 Å². The van der Waals surface area contributed by atoms with Gasteiger partial charge >= 0.3 is 5.97 Å². The minimum absolute atomic E-state index is 0.0181. The summed E-state index contributed by atoms with van der Waals surface area (Å²) >= 11 is 0. The van der Waals surface area contributed by atoms with Crippen molar-refractivity contribution in [3.8, 4) is 5.69 Å². The van der Waals surface area contributed by atoms with Gasteiger partial charge in [-0.3, -0.25) is 4.79 Å². The molecule has 1 aromatic heterocycles. The lowest BCUT2D eigenvalue weighted by Gasteiger charge is -2.09. The Morgan fingerprint density at radius 1 is 0.889 bits per heavy atom. The molecule has 27 heavy (non-hydrogen) atoms. The minimum atomic E-state index is -0.821. The summed E-state index contributed by atoms with van der Waals surface area (Å²) in [4.78, 5) is 11.2. The van der Waals surface area contributed by atoms with Crippen molar-refractivity contribution in [3.05, 3.63) is 96.2 Å². The van der Waals surface area contributed by atoms with Crippen LogP contribution in [-0.2, 0) is 17.8 Å². The van der Waals surface area contributed by atoms with Crippen LogP contribution in [0.25, 0.3) is 16.6 Å². The second-order valence-corrected chi connectivity index (χ2v) is 6.50. The molecule has 4 rings (SSSR count). The quantitative estimate of drug-likeness (QED) is 0.518. The van der Waals surface area contributed by atoms with Gasteiger partial charge in [-0.2, -0.15) is 0 Å². The van der Waals surface area contributed by atoms with E-state index in [2.05, 4.69) is 22.0 Å². The number of para-hydroxylation sites is 1. The first-order valence-electron chi connectivity index (χ1n) is 8.90. The molecule has 3 aromatic carbocycles. The third-order valence-electron chi connectivity index (χ3n) is 4.62. The molecule has 0 aliphatic heterocycles. The molecule has 134 valence electrons. The van der Waals surface area contributed by atoms with Crippen LogP contribution in [0.3, 0.4) is 0 Å². The summed E-state index contributed by atoms with van der Waals surface area (Å²) in [5, 5.41) is 13.6. The Morgan fingerprint density at radius 3 is 2.33 bits per heavy atom. The zero-order valence-electron chi connectivity index (χ0n) is 14.8. The van der Waals surface area contributed by atoms with Gasteiger partial charge in [-0.25, -0.2) is 0 Å². The first kappa shape index (κ1) is 16.9. The monoisotopic (exact) mass is 356 g/mol. The highest BCUT2D eigenvalue weighted by Gasteiger charge is 2.12.